The van der Waals surface area contributed by atoms with Crippen LogP contribution in [0.4, 0.5) is 0 Å². The minimum atomic E-state index is -0.922. The van der Waals surface area contributed by atoms with Crippen molar-refractivity contribution in [2.45, 2.75) is 47.1 Å². The molecule has 0 saturated carbocycles. The first kappa shape index (κ1) is 14.7. The average Bonchev–Trinajstić information content (AvgIpc) is 2.26. The molecule has 3 N–H and O–H groups in total. The summed E-state index contributed by atoms with van der Waals surface area (Å²) in [5, 5.41) is 11.7. The Kier molecular flexibility index (Phi) is 5.27. The van der Waals surface area contributed by atoms with Crippen LogP contribution in [0.2, 0.25) is 0 Å². The van der Waals surface area contributed by atoms with E-state index in [-0.39, 0.29) is 17.8 Å². The largest absolute Gasteiger partial charge is 0.409 e. The van der Waals surface area contributed by atoms with E-state index in [1.54, 1.807) is 11.8 Å². The first-order valence-electron chi connectivity index (χ1n) is 5.64. The summed E-state index contributed by atoms with van der Waals surface area (Å²) in [6.45, 7) is 9.98. The third-order valence-corrected chi connectivity index (χ3v) is 3.08. The van der Waals surface area contributed by atoms with E-state index in [0.29, 0.717) is 13.0 Å². The summed E-state index contributed by atoms with van der Waals surface area (Å²) in [4.78, 5) is 14.0. The summed E-state index contributed by atoms with van der Waals surface area (Å²) in [6, 6.07) is 0.106. The quantitative estimate of drug-likeness (QED) is 0.324. The fourth-order valence-corrected chi connectivity index (χ4v) is 1.61. The lowest BCUT2D eigenvalue weighted by molar-refractivity contribution is -0.139. The lowest BCUT2D eigenvalue weighted by Gasteiger charge is -2.34. The third kappa shape index (κ3) is 2.65. The number of hydrogen-bond acceptors (Lipinski definition) is 3. The molecule has 0 bridgehead atoms. The van der Waals surface area contributed by atoms with Gasteiger partial charge in [-0.25, -0.2) is 0 Å². The first-order chi connectivity index (χ1) is 7.34. The maximum atomic E-state index is 12.3. The fraction of sp³-hybridized carbons (Fsp3) is 0.818. The highest BCUT2D eigenvalue weighted by atomic mass is 16.4. The van der Waals surface area contributed by atoms with Crippen LogP contribution in [-0.2, 0) is 4.79 Å². The molecule has 5 nitrogen and oxygen atoms in total. The van der Waals surface area contributed by atoms with E-state index < -0.39 is 5.41 Å². The highest BCUT2D eigenvalue weighted by Gasteiger charge is 2.39. The van der Waals surface area contributed by atoms with Gasteiger partial charge in [-0.15, -0.1) is 0 Å². The molecule has 0 saturated heterocycles. The zero-order valence-corrected chi connectivity index (χ0v) is 10.8. The molecule has 0 aliphatic heterocycles. The Bertz CT molecular complexity index is 276. The molecule has 94 valence electrons. The van der Waals surface area contributed by atoms with Crippen molar-refractivity contribution in [2.24, 2.45) is 16.3 Å². The molecule has 0 rings (SSSR count). The van der Waals surface area contributed by atoms with Crippen molar-refractivity contribution < 1.29 is 10.0 Å². The molecule has 0 aromatic rings. The number of carbonyl (C=O) groups excluding carboxylic acids is 1. The van der Waals surface area contributed by atoms with Crippen LogP contribution in [0.15, 0.2) is 5.16 Å². The Morgan fingerprint density at radius 2 is 2.00 bits per heavy atom. The first-order valence-corrected chi connectivity index (χ1v) is 5.64. The van der Waals surface area contributed by atoms with Crippen LogP contribution in [0.3, 0.4) is 0 Å². The van der Waals surface area contributed by atoms with Gasteiger partial charge in [-0.05, 0) is 34.1 Å². The molecule has 1 unspecified atom stereocenters. The third-order valence-electron chi connectivity index (χ3n) is 3.08. The smallest absolute Gasteiger partial charge is 0.236 e. The van der Waals surface area contributed by atoms with Crippen molar-refractivity contribution in [1.29, 1.82) is 0 Å². The number of oxime groups is 1. The van der Waals surface area contributed by atoms with Crippen molar-refractivity contribution in [2.75, 3.05) is 6.54 Å². The number of carbonyl (C=O) groups is 1. The van der Waals surface area contributed by atoms with E-state index in [1.807, 2.05) is 27.7 Å². The Hall–Kier alpha value is -1.26. The van der Waals surface area contributed by atoms with Crippen LogP contribution in [-0.4, -0.2) is 34.4 Å². The van der Waals surface area contributed by atoms with Gasteiger partial charge in [0.2, 0.25) is 5.91 Å². The van der Waals surface area contributed by atoms with Gasteiger partial charge in [0, 0.05) is 12.6 Å². The molecule has 16 heavy (non-hydrogen) atoms. The van der Waals surface area contributed by atoms with Crippen LogP contribution in [0.1, 0.15) is 41.0 Å². The van der Waals surface area contributed by atoms with Gasteiger partial charge in [0.25, 0.3) is 0 Å². The molecule has 5 heteroatoms. The van der Waals surface area contributed by atoms with Gasteiger partial charge < -0.3 is 15.8 Å². The minimum Gasteiger partial charge on any atom is -0.409 e. The summed E-state index contributed by atoms with van der Waals surface area (Å²) in [7, 11) is 0. The number of nitrogens with two attached hydrogens (primary N) is 1. The summed E-state index contributed by atoms with van der Waals surface area (Å²) in [5.41, 5.74) is 4.69. The highest BCUT2D eigenvalue weighted by Crippen LogP contribution is 2.25. The number of amides is 1. The normalized spacial score (nSPS) is 16.0. The maximum Gasteiger partial charge on any atom is 0.236 e. The van der Waals surface area contributed by atoms with Gasteiger partial charge in [0.1, 0.15) is 5.41 Å². The maximum absolute atomic E-state index is 12.3. The number of hydrogen-bond donors (Lipinski definition) is 2. The van der Waals surface area contributed by atoms with E-state index >= 15 is 0 Å². The summed E-state index contributed by atoms with van der Waals surface area (Å²) in [6.07, 6.45) is 0.505. The summed E-state index contributed by atoms with van der Waals surface area (Å²) >= 11 is 0. The van der Waals surface area contributed by atoms with Crippen LogP contribution >= 0.6 is 0 Å². The lowest BCUT2D eigenvalue weighted by atomic mass is 9.84. The van der Waals surface area contributed by atoms with Crippen LogP contribution in [0.25, 0.3) is 0 Å². The molecule has 0 aromatic carbocycles. The van der Waals surface area contributed by atoms with E-state index in [2.05, 4.69) is 5.16 Å². The fourth-order valence-electron chi connectivity index (χ4n) is 1.61. The number of amidine groups is 1. The van der Waals surface area contributed by atoms with Gasteiger partial charge in [-0.3, -0.25) is 4.79 Å². The second-order valence-corrected chi connectivity index (χ2v) is 4.36. The van der Waals surface area contributed by atoms with E-state index in [0.717, 1.165) is 0 Å². The van der Waals surface area contributed by atoms with E-state index in [9.17, 15) is 4.79 Å². The minimum absolute atomic E-state index is 0.0286. The molecular weight excluding hydrogens is 206 g/mol. The lowest BCUT2D eigenvalue weighted by Crippen LogP contribution is -2.51. The second kappa shape index (κ2) is 5.72. The standard InChI is InChI=1S/C11H23N3O2/c1-6-11(5,9(12)13-16)10(15)14(7-2)8(3)4/h8,16H,6-7H2,1-5H3,(H2,12,13). The molecule has 0 aliphatic carbocycles. The van der Waals surface area contributed by atoms with Gasteiger partial charge in [0.05, 0.1) is 0 Å². The monoisotopic (exact) mass is 229 g/mol. The highest BCUT2D eigenvalue weighted by molar-refractivity contribution is 6.06. The van der Waals surface area contributed by atoms with Gasteiger partial charge in [0.15, 0.2) is 5.84 Å². The predicted octanol–water partition coefficient (Wildman–Crippen LogP) is 1.41. The van der Waals surface area contributed by atoms with Crippen molar-refractivity contribution >= 4 is 11.7 Å². The molecule has 0 fully saturated rings. The van der Waals surface area contributed by atoms with Gasteiger partial charge >= 0.3 is 0 Å². The molecule has 1 amide bonds. The summed E-state index contributed by atoms with van der Waals surface area (Å²) in [5.74, 6) is -0.123. The molecular formula is C11H23N3O2. The zero-order chi connectivity index (χ0) is 12.9. The van der Waals surface area contributed by atoms with E-state index in [4.69, 9.17) is 10.9 Å². The van der Waals surface area contributed by atoms with E-state index in [1.165, 1.54) is 0 Å². The SMILES string of the molecule is CCN(C(=O)C(C)(CC)C(N)=NO)C(C)C. The Morgan fingerprint density at radius 3 is 2.25 bits per heavy atom. The van der Waals surface area contributed by atoms with Crippen molar-refractivity contribution in [3.63, 3.8) is 0 Å². The molecule has 0 spiro atoms. The van der Waals surface area contributed by atoms with Crippen molar-refractivity contribution in [3.8, 4) is 0 Å². The predicted molar refractivity (Wildman–Crippen MR) is 64.3 cm³/mol. The molecule has 0 aromatic heterocycles. The molecule has 0 aliphatic rings. The topological polar surface area (TPSA) is 78.9 Å². The van der Waals surface area contributed by atoms with Crippen molar-refractivity contribution in [3.05, 3.63) is 0 Å². The van der Waals surface area contributed by atoms with Crippen LogP contribution in [0.5, 0.6) is 0 Å². The Morgan fingerprint density at radius 1 is 1.50 bits per heavy atom. The average molecular weight is 229 g/mol. The van der Waals surface area contributed by atoms with Crippen LogP contribution in [0, 0.1) is 5.41 Å². The second-order valence-electron chi connectivity index (χ2n) is 4.36. The molecule has 1 atom stereocenters. The summed E-state index contributed by atoms with van der Waals surface area (Å²) < 4.78 is 0. The Labute approximate surface area is 97.3 Å². The van der Waals surface area contributed by atoms with Crippen molar-refractivity contribution in [1.82, 2.24) is 4.90 Å². The number of nitrogens with zero attached hydrogens (tertiary/aromatic N) is 2. The Balaban J connectivity index is 5.18. The number of rotatable bonds is 5. The molecule has 0 radical (unpaired) electrons. The van der Waals surface area contributed by atoms with Crippen LogP contribution < -0.4 is 5.73 Å². The van der Waals surface area contributed by atoms with Gasteiger partial charge in [-0.1, -0.05) is 12.1 Å². The van der Waals surface area contributed by atoms with Gasteiger partial charge in [-0.2, -0.15) is 0 Å². The zero-order valence-electron chi connectivity index (χ0n) is 10.8. The molecule has 0 heterocycles.